The Hall–Kier alpha value is -2.69. The highest BCUT2D eigenvalue weighted by atomic mass is 16.2. The molecular weight excluding hydrogens is 240 g/mol. The third-order valence-corrected chi connectivity index (χ3v) is 2.45. The van der Waals surface area contributed by atoms with Crippen molar-refractivity contribution in [2.75, 3.05) is 5.73 Å². The maximum absolute atomic E-state index is 11.6. The lowest BCUT2D eigenvalue weighted by Crippen LogP contribution is -2.19. The minimum atomic E-state index is -0.171. The first-order valence-corrected chi connectivity index (χ1v) is 5.80. The number of nitrogen functional groups attached to an aromatic ring is 1. The molecule has 0 aliphatic carbocycles. The quantitative estimate of drug-likeness (QED) is 0.491. The predicted molar refractivity (Wildman–Crippen MR) is 74.5 cm³/mol. The third-order valence-electron chi connectivity index (χ3n) is 2.45. The fourth-order valence-corrected chi connectivity index (χ4v) is 1.49. The van der Waals surface area contributed by atoms with Crippen LogP contribution in [-0.4, -0.2) is 17.1 Å². The number of benzene rings is 1. The van der Waals surface area contributed by atoms with E-state index in [1.807, 2.05) is 12.1 Å². The number of pyridine rings is 1. The van der Waals surface area contributed by atoms with Gasteiger partial charge in [0.15, 0.2) is 0 Å². The number of nitrogens with two attached hydrogens (primary N) is 1. The van der Waals surface area contributed by atoms with Crippen LogP contribution in [0.2, 0.25) is 0 Å². The minimum absolute atomic E-state index is 0.171. The first-order valence-electron chi connectivity index (χ1n) is 5.80. The molecule has 1 aromatic heterocycles. The van der Waals surface area contributed by atoms with Gasteiger partial charge in [0.1, 0.15) is 0 Å². The Balaban J connectivity index is 1.85. The second kappa shape index (κ2) is 6.30. The van der Waals surface area contributed by atoms with Crippen molar-refractivity contribution in [3.8, 4) is 0 Å². The van der Waals surface area contributed by atoms with Gasteiger partial charge in [-0.05, 0) is 35.4 Å². The van der Waals surface area contributed by atoms with E-state index in [0.717, 1.165) is 11.1 Å². The van der Waals surface area contributed by atoms with Crippen LogP contribution in [0, 0.1) is 0 Å². The van der Waals surface area contributed by atoms with Crippen molar-refractivity contribution in [3.63, 3.8) is 0 Å². The van der Waals surface area contributed by atoms with Crippen LogP contribution >= 0.6 is 0 Å². The van der Waals surface area contributed by atoms with Gasteiger partial charge in [0.2, 0.25) is 5.91 Å². The first-order chi connectivity index (χ1) is 9.24. The van der Waals surface area contributed by atoms with Gasteiger partial charge >= 0.3 is 0 Å². The second-order valence-corrected chi connectivity index (χ2v) is 3.99. The summed E-state index contributed by atoms with van der Waals surface area (Å²) in [5.41, 5.74) is 10.5. The number of carbonyl (C=O) groups is 1. The van der Waals surface area contributed by atoms with Crippen molar-refractivity contribution in [3.05, 3.63) is 59.9 Å². The lowest BCUT2D eigenvalue weighted by molar-refractivity contribution is -0.120. The van der Waals surface area contributed by atoms with Gasteiger partial charge in [-0.1, -0.05) is 12.1 Å². The molecular formula is C14H14N4O. The van der Waals surface area contributed by atoms with Crippen molar-refractivity contribution in [1.29, 1.82) is 0 Å². The molecule has 1 amide bonds. The number of carbonyl (C=O) groups excluding carboxylic acids is 1. The number of hydrazone groups is 1. The van der Waals surface area contributed by atoms with Crippen molar-refractivity contribution in [1.82, 2.24) is 10.4 Å². The van der Waals surface area contributed by atoms with Crippen LogP contribution < -0.4 is 11.2 Å². The van der Waals surface area contributed by atoms with Gasteiger partial charge in [-0.3, -0.25) is 9.78 Å². The number of hydrogen-bond acceptors (Lipinski definition) is 4. The molecule has 0 radical (unpaired) electrons. The van der Waals surface area contributed by atoms with E-state index in [4.69, 9.17) is 5.73 Å². The highest BCUT2D eigenvalue weighted by Crippen LogP contribution is 2.05. The molecule has 2 rings (SSSR count). The van der Waals surface area contributed by atoms with Crippen molar-refractivity contribution in [2.24, 2.45) is 5.10 Å². The largest absolute Gasteiger partial charge is 0.399 e. The Morgan fingerprint density at radius 2 is 1.89 bits per heavy atom. The van der Waals surface area contributed by atoms with Crippen LogP contribution in [0.25, 0.3) is 0 Å². The van der Waals surface area contributed by atoms with Gasteiger partial charge in [0, 0.05) is 18.1 Å². The van der Waals surface area contributed by atoms with E-state index in [-0.39, 0.29) is 12.3 Å². The number of rotatable bonds is 4. The zero-order chi connectivity index (χ0) is 13.5. The molecule has 2 aromatic rings. The summed E-state index contributed by atoms with van der Waals surface area (Å²) in [5, 5.41) is 3.88. The van der Waals surface area contributed by atoms with E-state index in [2.05, 4.69) is 15.5 Å². The number of nitrogens with zero attached hydrogens (tertiary/aromatic N) is 2. The summed E-state index contributed by atoms with van der Waals surface area (Å²) in [5.74, 6) is -0.171. The number of hydrogen-bond donors (Lipinski definition) is 2. The van der Waals surface area contributed by atoms with Crippen LogP contribution in [0.4, 0.5) is 5.69 Å². The van der Waals surface area contributed by atoms with Crippen molar-refractivity contribution in [2.45, 2.75) is 6.42 Å². The first kappa shape index (κ1) is 12.8. The maximum Gasteiger partial charge on any atom is 0.244 e. The highest BCUT2D eigenvalue weighted by Gasteiger charge is 2.01. The van der Waals surface area contributed by atoms with Gasteiger partial charge in [0.25, 0.3) is 0 Å². The van der Waals surface area contributed by atoms with E-state index in [0.29, 0.717) is 5.69 Å². The Labute approximate surface area is 111 Å². The SMILES string of the molecule is Nc1ccc(CC(=O)N/N=C\c2ccncc2)cc1. The van der Waals surface area contributed by atoms with Gasteiger partial charge in [-0.2, -0.15) is 5.10 Å². The van der Waals surface area contributed by atoms with Crippen LogP contribution in [0.1, 0.15) is 11.1 Å². The average molecular weight is 254 g/mol. The summed E-state index contributed by atoms with van der Waals surface area (Å²) >= 11 is 0. The lowest BCUT2D eigenvalue weighted by Gasteiger charge is -2.01. The van der Waals surface area contributed by atoms with E-state index in [9.17, 15) is 4.79 Å². The fraction of sp³-hybridized carbons (Fsp3) is 0.0714. The highest BCUT2D eigenvalue weighted by molar-refractivity contribution is 5.83. The fourth-order valence-electron chi connectivity index (χ4n) is 1.49. The zero-order valence-electron chi connectivity index (χ0n) is 10.3. The normalized spacial score (nSPS) is 10.5. The molecule has 1 heterocycles. The predicted octanol–water partition coefficient (Wildman–Crippen LogP) is 1.36. The van der Waals surface area contributed by atoms with Gasteiger partial charge in [0.05, 0.1) is 12.6 Å². The molecule has 0 saturated carbocycles. The van der Waals surface area contributed by atoms with E-state index in [1.54, 1.807) is 42.9 Å². The topological polar surface area (TPSA) is 80.4 Å². The second-order valence-electron chi connectivity index (χ2n) is 3.99. The minimum Gasteiger partial charge on any atom is -0.399 e. The number of anilines is 1. The Morgan fingerprint density at radius 1 is 1.21 bits per heavy atom. The molecule has 0 aliphatic rings. The summed E-state index contributed by atoms with van der Waals surface area (Å²) < 4.78 is 0. The van der Waals surface area contributed by atoms with Crippen molar-refractivity contribution < 1.29 is 4.79 Å². The van der Waals surface area contributed by atoms with Gasteiger partial charge in [-0.25, -0.2) is 5.43 Å². The number of aromatic nitrogens is 1. The summed E-state index contributed by atoms with van der Waals surface area (Å²) in [4.78, 5) is 15.5. The van der Waals surface area contributed by atoms with E-state index in [1.165, 1.54) is 0 Å². The summed E-state index contributed by atoms with van der Waals surface area (Å²) in [7, 11) is 0. The molecule has 0 spiro atoms. The molecule has 5 heteroatoms. The number of amides is 1. The van der Waals surface area contributed by atoms with Crippen LogP contribution in [-0.2, 0) is 11.2 Å². The monoisotopic (exact) mass is 254 g/mol. The summed E-state index contributed by atoms with van der Waals surface area (Å²) in [6.07, 6.45) is 5.17. The molecule has 19 heavy (non-hydrogen) atoms. The molecule has 0 saturated heterocycles. The molecule has 3 N–H and O–H groups in total. The van der Waals surface area contributed by atoms with Crippen LogP contribution in [0.3, 0.4) is 0 Å². The average Bonchev–Trinajstić information content (AvgIpc) is 2.43. The molecule has 0 bridgehead atoms. The van der Waals surface area contributed by atoms with Crippen LogP contribution in [0.15, 0.2) is 53.9 Å². The van der Waals surface area contributed by atoms with Crippen molar-refractivity contribution >= 4 is 17.8 Å². The van der Waals surface area contributed by atoms with Crippen LogP contribution in [0.5, 0.6) is 0 Å². The molecule has 5 nitrogen and oxygen atoms in total. The zero-order valence-corrected chi connectivity index (χ0v) is 10.3. The molecule has 0 unspecified atom stereocenters. The molecule has 1 aromatic carbocycles. The Bertz CT molecular complexity index is 564. The lowest BCUT2D eigenvalue weighted by atomic mass is 10.1. The third kappa shape index (κ3) is 4.23. The summed E-state index contributed by atoms with van der Waals surface area (Å²) in [6, 6.07) is 10.8. The molecule has 0 fully saturated rings. The van der Waals surface area contributed by atoms with E-state index >= 15 is 0 Å². The molecule has 96 valence electrons. The Morgan fingerprint density at radius 3 is 2.58 bits per heavy atom. The van der Waals surface area contributed by atoms with E-state index < -0.39 is 0 Å². The maximum atomic E-state index is 11.6. The van der Waals surface area contributed by atoms with Gasteiger partial charge in [-0.15, -0.1) is 0 Å². The molecule has 0 atom stereocenters. The number of nitrogens with one attached hydrogen (secondary N) is 1. The summed E-state index contributed by atoms with van der Waals surface area (Å²) in [6.45, 7) is 0. The Kier molecular flexibility index (Phi) is 4.23. The molecule has 0 aliphatic heterocycles. The smallest absolute Gasteiger partial charge is 0.244 e. The standard InChI is InChI=1S/C14H14N4O/c15-13-3-1-11(2-4-13)9-14(19)18-17-10-12-5-7-16-8-6-12/h1-8,10H,9,15H2,(H,18,19)/b17-10-. The van der Waals surface area contributed by atoms with Gasteiger partial charge < -0.3 is 5.73 Å².